The molecule has 0 saturated carbocycles. The Bertz CT molecular complexity index is 1290. The minimum Gasteiger partial charge on any atom is -0.399 e. The lowest BCUT2D eigenvalue weighted by atomic mass is 9.85. The lowest BCUT2D eigenvalue weighted by molar-refractivity contribution is 0.754. The third-order valence-electron chi connectivity index (χ3n) is 7.13. The molecule has 148 valence electrons. The Morgan fingerprint density at radius 3 is 1.47 bits per heavy atom. The maximum absolute atomic E-state index is 6.09. The highest BCUT2D eigenvalue weighted by molar-refractivity contribution is 6.10. The van der Waals surface area contributed by atoms with Crippen LogP contribution < -0.4 is 11.5 Å². The molecule has 2 nitrogen and oxygen atoms in total. The molecule has 2 aliphatic rings. The van der Waals surface area contributed by atoms with Crippen molar-refractivity contribution >= 4 is 44.1 Å². The number of anilines is 2. The van der Waals surface area contributed by atoms with Gasteiger partial charge in [0.2, 0.25) is 0 Å². The molecule has 4 aromatic carbocycles. The van der Waals surface area contributed by atoms with E-state index in [0.29, 0.717) is 11.8 Å². The summed E-state index contributed by atoms with van der Waals surface area (Å²) in [6.45, 7) is 4.78. The molecule has 0 heterocycles. The lowest BCUT2D eigenvalue weighted by Gasteiger charge is -2.19. The van der Waals surface area contributed by atoms with Crippen molar-refractivity contribution in [2.24, 2.45) is 11.8 Å². The fourth-order valence-corrected chi connectivity index (χ4v) is 5.92. The van der Waals surface area contributed by atoms with E-state index in [1.54, 1.807) is 0 Å². The van der Waals surface area contributed by atoms with Gasteiger partial charge in [-0.3, -0.25) is 0 Å². The van der Waals surface area contributed by atoms with Crippen LogP contribution in [0.25, 0.3) is 32.7 Å². The number of allylic oxidation sites excluding steroid dienone is 2. The van der Waals surface area contributed by atoms with Crippen LogP contribution in [0.1, 0.15) is 36.1 Å². The Kier molecular flexibility index (Phi) is 3.59. The first-order chi connectivity index (χ1) is 14.5. The van der Waals surface area contributed by atoms with Gasteiger partial charge in [0.25, 0.3) is 0 Å². The quantitative estimate of drug-likeness (QED) is 0.339. The molecule has 2 aliphatic carbocycles. The molecule has 6 rings (SSSR count). The summed E-state index contributed by atoms with van der Waals surface area (Å²) in [5.74, 6) is 1.02. The van der Waals surface area contributed by atoms with E-state index in [2.05, 4.69) is 62.4 Å². The fraction of sp³-hybridized carbons (Fsp3) is 0.214. The van der Waals surface area contributed by atoms with Crippen molar-refractivity contribution in [2.75, 3.05) is 11.5 Å². The number of nitrogens with two attached hydrogens (primary N) is 2. The molecule has 0 unspecified atom stereocenters. The van der Waals surface area contributed by atoms with E-state index in [4.69, 9.17) is 11.5 Å². The topological polar surface area (TPSA) is 52.0 Å². The van der Waals surface area contributed by atoms with Crippen LogP contribution in [0.4, 0.5) is 11.4 Å². The van der Waals surface area contributed by atoms with Crippen molar-refractivity contribution in [3.8, 4) is 0 Å². The Balaban J connectivity index is 1.72. The summed E-state index contributed by atoms with van der Waals surface area (Å²) in [7, 11) is 0. The van der Waals surface area contributed by atoms with E-state index in [0.717, 1.165) is 24.2 Å². The molecule has 0 amide bonds. The maximum Gasteiger partial charge on any atom is 0.0320 e. The van der Waals surface area contributed by atoms with Crippen LogP contribution in [-0.2, 0) is 12.8 Å². The van der Waals surface area contributed by atoms with Crippen LogP contribution in [0.5, 0.6) is 0 Å². The Hall–Kier alpha value is -3.26. The summed E-state index contributed by atoms with van der Waals surface area (Å²) in [5.41, 5.74) is 22.7. The first-order valence-corrected chi connectivity index (χ1v) is 10.9. The van der Waals surface area contributed by atoms with Crippen LogP contribution in [0.3, 0.4) is 0 Å². The van der Waals surface area contributed by atoms with E-state index in [9.17, 15) is 0 Å². The summed E-state index contributed by atoms with van der Waals surface area (Å²) in [4.78, 5) is 0. The Morgan fingerprint density at radius 1 is 0.600 bits per heavy atom. The predicted molar refractivity (Wildman–Crippen MR) is 129 cm³/mol. The van der Waals surface area contributed by atoms with Gasteiger partial charge in [-0.1, -0.05) is 50.2 Å². The molecule has 2 atom stereocenters. The first kappa shape index (κ1) is 17.6. The minimum atomic E-state index is 0.510. The Labute approximate surface area is 177 Å². The standard InChI is InChI=1S/C28H26N2/c1-15-11-19-5-3-17-13-21(29)7-9-23(17)27(19)25(15)26-16(2)12-20-6-4-18-14-22(30)8-10-24(18)28(20)26/h3-10,13-16H,11-12,29-30H2,1-2H3/b26-25-/t15-,16-/m1/s1. The van der Waals surface area contributed by atoms with Gasteiger partial charge >= 0.3 is 0 Å². The van der Waals surface area contributed by atoms with Crippen LogP contribution in [0.2, 0.25) is 0 Å². The minimum absolute atomic E-state index is 0.510. The Morgan fingerprint density at radius 2 is 1.03 bits per heavy atom. The molecule has 0 bridgehead atoms. The van der Waals surface area contributed by atoms with Gasteiger partial charge in [0.15, 0.2) is 0 Å². The summed E-state index contributed by atoms with van der Waals surface area (Å²) < 4.78 is 0. The molecule has 0 saturated heterocycles. The average molecular weight is 391 g/mol. The monoisotopic (exact) mass is 390 g/mol. The highest BCUT2D eigenvalue weighted by Crippen LogP contribution is 2.52. The average Bonchev–Trinajstić information content (AvgIpc) is 3.22. The van der Waals surface area contributed by atoms with Gasteiger partial charge in [-0.25, -0.2) is 0 Å². The largest absolute Gasteiger partial charge is 0.399 e. The van der Waals surface area contributed by atoms with Crippen molar-refractivity contribution in [1.29, 1.82) is 0 Å². The zero-order valence-corrected chi connectivity index (χ0v) is 17.5. The van der Waals surface area contributed by atoms with Crippen molar-refractivity contribution in [1.82, 2.24) is 0 Å². The van der Waals surface area contributed by atoms with E-state index in [1.165, 1.54) is 54.9 Å². The molecular formula is C28H26N2. The van der Waals surface area contributed by atoms with E-state index >= 15 is 0 Å². The second-order valence-electron chi connectivity index (χ2n) is 9.20. The summed E-state index contributed by atoms with van der Waals surface area (Å²) in [5, 5.41) is 5.13. The second-order valence-corrected chi connectivity index (χ2v) is 9.20. The molecule has 0 fully saturated rings. The number of hydrogen-bond donors (Lipinski definition) is 2. The lowest BCUT2D eigenvalue weighted by Crippen LogP contribution is -2.01. The van der Waals surface area contributed by atoms with Gasteiger partial charge in [0, 0.05) is 11.4 Å². The summed E-state index contributed by atoms with van der Waals surface area (Å²) in [6, 6.07) is 21.8. The molecule has 0 spiro atoms. The first-order valence-electron chi connectivity index (χ1n) is 10.9. The third kappa shape index (κ3) is 2.37. The fourth-order valence-electron chi connectivity index (χ4n) is 5.92. The van der Waals surface area contributed by atoms with Crippen LogP contribution in [0, 0.1) is 11.8 Å². The summed E-state index contributed by atoms with van der Waals surface area (Å²) in [6.07, 6.45) is 2.21. The van der Waals surface area contributed by atoms with Crippen LogP contribution >= 0.6 is 0 Å². The van der Waals surface area contributed by atoms with E-state index in [1.807, 2.05) is 12.1 Å². The molecular weight excluding hydrogens is 364 g/mol. The smallest absolute Gasteiger partial charge is 0.0320 e. The highest BCUT2D eigenvalue weighted by Gasteiger charge is 2.34. The van der Waals surface area contributed by atoms with Crippen molar-refractivity contribution < 1.29 is 0 Å². The highest BCUT2D eigenvalue weighted by atomic mass is 14.5. The molecule has 0 radical (unpaired) electrons. The van der Waals surface area contributed by atoms with E-state index < -0.39 is 0 Å². The van der Waals surface area contributed by atoms with Gasteiger partial charge in [-0.15, -0.1) is 0 Å². The van der Waals surface area contributed by atoms with Crippen LogP contribution in [-0.4, -0.2) is 0 Å². The van der Waals surface area contributed by atoms with Crippen molar-refractivity contribution in [3.63, 3.8) is 0 Å². The molecule has 30 heavy (non-hydrogen) atoms. The summed E-state index contributed by atoms with van der Waals surface area (Å²) >= 11 is 0. The third-order valence-corrected chi connectivity index (χ3v) is 7.13. The number of rotatable bonds is 0. The van der Waals surface area contributed by atoms with Crippen molar-refractivity contribution in [3.05, 3.63) is 82.9 Å². The number of hydrogen-bond acceptors (Lipinski definition) is 2. The van der Waals surface area contributed by atoms with Gasteiger partial charge < -0.3 is 11.5 Å². The SMILES string of the molecule is C[C@@H]1Cc2ccc3cc(N)ccc3c2/C1=C1\c2c(ccc3cc(N)ccc23)C[C@H]1C. The number of nitrogen functional groups attached to an aromatic ring is 2. The van der Waals surface area contributed by atoms with Crippen molar-refractivity contribution in [2.45, 2.75) is 26.7 Å². The van der Waals surface area contributed by atoms with Gasteiger partial charge in [-0.2, -0.15) is 0 Å². The molecule has 2 heteroatoms. The zero-order chi connectivity index (χ0) is 20.6. The molecule has 4 N–H and O–H groups in total. The molecule has 0 aliphatic heterocycles. The predicted octanol–water partition coefficient (Wildman–Crippen LogP) is 6.45. The second kappa shape index (κ2) is 6.12. The van der Waals surface area contributed by atoms with Gasteiger partial charge in [-0.05, 0) is 104 Å². The maximum atomic E-state index is 6.09. The van der Waals surface area contributed by atoms with Gasteiger partial charge in [0.05, 0.1) is 0 Å². The van der Waals surface area contributed by atoms with E-state index in [-0.39, 0.29) is 0 Å². The molecule has 4 aromatic rings. The van der Waals surface area contributed by atoms with Crippen LogP contribution in [0.15, 0.2) is 60.7 Å². The molecule has 0 aromatic heterocycles. The normalized spacial score (nSPS) is 22.6. The number of fused-ring (bicyclic) bond motifs is 6. The number of benzene rings is 4. The zero-order valence-electron chi connectivity index (χ0n) is 17.5. The van der Waals surface area contributed by atoms with Gasteiger partial charge in [0.1, 0.15) is 0 Å².